The Balaban J connectivity index is 2.75. The van der Waals surface area contributed by atoms with Gasteiger partial charge in [0.25, 0.3) is 0 Å². The lowest BCUT2D eigenvalue weighted by Crippen LogP contribution is -2.04. The summed E-state index contributed by atoms with van der Waals surface area (Å²) < 4.78 is 65.2. The zero-order valence-corrected chi connectivity index (χ0v) is 8.40. The third-order valence-electron chi connectivity index (χ3n) is 2.17. The van der Waals surface area contributed by atoms with Crippen molar-refractivity contribution >= 4 is 6.29 Å². The van der Waals surface area contributed by atoms with E-state index in [4.69, 9.17) is 0 Å². The van der Waals surface area contributed by atoms with Crippen molar-refractivity contribution in [3.8, 4) is 11.4 Å². The van der Waals surface area contributed by atoms with Gasteiger partial charge in [0.2, 0.25) is 5.82 Å². The Hall–Kier alpha value is -2.25. The zero-order valence-electron chi connectivity index (χ0n) is 8.40. The number of nitrogens with one attached hydrogen (secondary N) is 1. The molecule has 1 aromatic carbocycles. The molecule has 8 heteroatoms. The molecule has 0 fully saturated rings. The highest BCUT2D eigenvalue weighted by Crippen LogP contribution is 2.29. The molecule has 2 aromatic rings. The molecule has 0 unspecified atom stereocenters. The Labute approximate surface area is 96.3 Å². The smallest absolute Gasteiger partial charge is 0.200 e. The van der Waals surface area contributed by atoms with E-state index in [0.717, 1.165) is 6.20 Å². The first kappa shape index (κ1) is 12.2. The number of aromatic amines is 1. The van der Waals surface area contributed by atoms with Gasteiger partial charge in [-0.05, 0) is 0 Å². The normalized spacial score (nSPS) is 10.7. The zero-order chi connectivity index (χ0) is 13.4. The van der Waals surface area contributed by atoms with Crippen LogP contribution in [0.15, 0.2) is 6.20 Å². The van der Waals surface area contributed by atoms with Crippen LogP contribution in [0.3, 0.4) is 0 Å². The third kappa shape index (κ3) is 1.66. The van der Waals surface area contributed by atoms with Gasteiger partial charge in [-0.25, -0.2) is 26.9 Å². The largest absolute Gasteiger partial charge is 0.336 e. The first-order valence-corrected chi connectivity index (χ1v) is 4.49. The quantitative estimate of drug-likeness (QED) is 0.391. The number of hydrogen-bond acceptors (Lipinski definition) is 2. The number of halogens is 5. The van der Waals surface area contributed by atoms with E-state index in [2.05, 4.69) is 9.97 Å². The van der Waals surface area contributed by atoms with Gasteiger partial charge in [-0.2, -0.15) is 0 Å². The Morgan fingerprint density at radius 2 is 1.44 bits per heavy atom. The molecule has 0 spiro atoms. The van der Waals surface area contributed by atoms with Gasteiger partial charge >= 0.3 is 0 Å². The second-order valence-corrected chi connectivity index (χ2v) is 3.25. The molecule has 0 bridgehead atoms. The molecule has 0 atom stereocenters. The number of rotatable bonds is 2. The average molecular weight is 262 g/mol. The lowest BCUT2D eigenvalue weighted by Gasteiger charge is -2.05. The minimum atomic E-state index is -2.25. The standard InChI is InChI=1S/C10H3F5N2O/c11-5-4(10-16-1-3(2-18)17-10)6(12)8(14)9(15)7(5)13/h1-2H,(H,16,17). The van der Waals surface area contributed by atoms with Crippen molar-refractivity contribution in [2.24, 2.45) is 0 Å². The minimum Gasteiger partial charge on any atom is -0.336 e. The maximum atomic E-state index is 13.3. The van der Waals surface area contributed by atoms with Crippen LogP contribution in [0.25, 0.3) is 11.4 Å². The van der Waals surface area contributed by atoms with E-state index in [1.807, 2.05) is 0 Å². The molecule has 0 aliphatic carbocycles. The monoisotopic (exact) mass is 262 g/mol. The number of carbonyl (C=O) groups is 1. The highest BCUT2D eigenvalue weighted by Gasteiger charge is 2.27. The summed E-state index contributed by atoms with van der Waals surface area (Å²) in [5.74, 6) is -11.1. The molecule has 0 amide bonds. The van der Waals surface area contributed by atoms with Crippen molar-refractivity contribution < 1.29 is 26.7 Å². The lowest BCUT2D eigenvalue weighted by molar-refractivity contribution is 0.111. The molecule has 94 valence electrons. The first-order chi connectivity index (χ1) is 8.47. The van der Waals surface area contributed by atoms with Gasteiger partial charge in [0, 0.05) is 0 Å². The summed E-state index contributed by atoms with van der Waals surface area (Å²) >= 11 is 0. The molecule has 0 radical (unpaired) electrons. The van der Waals surface area contributed by atoms with Crippen molar-refractivity contribution in [2.75, 3.05) is 0 Å². The predicted octanol–water partition coefficient (Wildman–Crippen LogP) is 2.58. The summed E-state index contributed by atoms with van der Waals surface area (Å²) in [6.07, 6.45) is 1.18. The summed E-state index contributed by atoms with van der Waals surface area (Å²) in [5, 5.41) is 0. The number of carbonyl (C=O) groups excluding carboxylic acids is 1. The maximum Gasteiger partial charge on any atom is 0.200 e. The number of imidazole rings is 1. The van der Waals surface area contributed by atoms with Crippen molar-refractivity contribution in [1.29, 1.82) is 0 Å². The summed E-state index contributed by atoms with van der Waals surface area (Å²) in [6.45, 7) is 0. The second kappa shape index (κ2) is 4.21. The van der Waals surface area contributed by atoms with E-state index in [9.17, 15) is 26.7 Å². The molecule has 0 saturated carbocycles. The predicted molar refractivity (Wildman–Crippen MR) is 49.2 cm³/mol. The number of aromatic nitrogens is 2. The fraction of sp³-hybridized carbons (Fsp3) is 0. The highest BCUT2D eigenvalue weighted by molar-refractivity contribution is 5.73. The maximum absolute atomic E-state index is 13.3. The van der Waals surface area contributed by atoms with Crippen LogP contribution in [0.5, 0.6) is 0 Å². The Morgan fingerprint density at radius 1 is 0.944 bits per heavy atom. The molecule has 0 aliphatic heterocycles. The molecule has 3 nitrogen and oxygen atoms in total. The number of aldehydes is 1. The SMILES string of the molecule is O=Cc1cnc(-c2c(F)c(F)c(F)c(F)c2F)[nH]1. The van der Waals surface area contributed by atoms with Gasteiger partial charge in [-0.3, -0.25) is 4.79 Å². The summed E-state index contributed by atoms with van der Waals surface area (Å²) in [5.41, 5.74) is -1.37. The van der Waals surface area contributed by atoms with E-state index in [-0.39, 0.29) is 12.0 Å². The van der Waals surface area contributed by atoms with Crippen LogP contribution in [-0.2, 0) is 0 Å². The fourth-order valence-corrected chi connectivity index (χ4v) is 1.34. The van der Waals surface area contributed by atoms with Crippen LogP contribution in [0, 0.1) is 29.1 Å². The number of hydrogen-bond donors (Lipinski definition) is 1. The van der Waals surface area contributed by atoms with Crippen molar-refractivity contribution in [2.45, 2.75) is 0 Å². The Bertz CT molecular complexity index is 608. The fourth-order valence-electron chi connectivity index (χ4n) is 1.34. The van der Waals surface area contributed by atoms with Gasteiger partial charge < -0.3 is 4.98 Å². The summed E-state index contributed by atoms with van der Waals surface area (Å²) in [7, 11) is 0. The van der Waals surface area contributed by atoms with E-state index in [0.29, 0.717) is 0 Å². The van der Waals surface area contributed by atoms with Gasteiger partial charge in [0.05, 0.1) is 17.5 Å². The molecular weight excluding hydrogens is 259 g/mol. The van der Waals surface area contributed by atoms with Crippen molar-refractivity contribution in [3.63, 3.8) is 0 Å². The number of benzene rings is 1. The molecule has 18 heavy (non-hydrogen) atoms. The van der Waals surface area contributed by atoms with Crippen LogP contribution in [-0.4, -0.2) is 16.3 Å². The Morgan fingerprint density at radius 3 is 1.89 bits per heavy atom. The van der Waals surface area contributed by atoms with E-state index < -0.39 is 40.5 Å². The topological polar surface area (TPSA) is 45.8 Å². The van der Waals surface area contributed by atoms with Crippen LogP contribution < -0.4 is 0 Å². The Kier molecular flexibility index (Phi) is 2.85. The second-order valence-electron chi connectivity index (χ2n) is 3.25. The van der Waals surface area contributed by atoms with Crippen LogP contribution >= 0.6 is 0 Å². The van der Waals surface area contributed by atoms with Crippen molar-refractivity contribution in [1.82, 2.24) is 9.97 Å². The number of H-pyrrole nitrogens is 1. The first-order valence-electron chi connectivity index (χ1n) is 4.49. The van der Waals surface area contributed by atoms with Crippen molar-refractivity contribution in [3.05, 3.63) is 41.0 Å². The average Bonchev–Trinajstić information content (AvgIpc) is 2.83. The summed E-state index contributed by atoms with van der Waals surface area (Å²) in [6, 6.07) is 0. The summed E-state index contributed by atoms with van der Waals surface area (Å²) in [4.78, 5) is 15.8. The van der Waals surface area contributed by atoms with Crippen LogP contribution in [0.4, 0.5) is 22.0 Å². The van der Waals surface area contributed by atoms with Crippen LogP contribution in [0.2, 0.25) is 0 Å². The minimum absolute atomic E-state index is 0.158. The highest BCUT2D eigenvalue weighted by atomic mass is 19.2. The lowest BCUT2D eigenvalue weighted by atomic mass is 10.1. The molecule has 0 aliphatic rings. The molecule has 1 heterocycles. The van der Waals surface area contributed by atoms with Gasteiger partial charge in [-0.1, -0.05) is 0 Å². The van der Waals surface area contributed by atoms with Gasteiger partial charge in [0.1, 0.15) is 5.82 Å². The molecule has 2 rings (SSSR count). The van der Waals surface area contributed by atoms with E-state index in [1.165, 1.54) is 0 Å². The van der Waals surface area contributed by atoms with Crippen LogP contribution in [0.1, 0.15) is 10.5 Å². The van der Waals surface area contributed by atoms with E-state index >= 15 is 0 Å². The molecule has 0 saturated heterocycles. The molecular formula is C10H3F5N2O. The third-order valence-corrected chi connectivity index (χ3v) is 2.17. The van der Waals surface area contributed by atoms with E-state index in [1.54, 1.807) is 0 Å². The van der Waals surface area contributed by atoms with Gasteiger partial charge in [0.15, 0.2) is 29.6 Å². The van der Waals surface area contributed by atoms with Gasteiger partial charge in [-0.15, -0.1) is 0 Å². The number of nitrogens with zero attached hydrogens (tertiary/aromatic N) is 1. The molecule has 1 N–H and O–H groups in total. The molecule has 1 aromatic heterocycles.